The van der Waals surface area contributed by atoms with Gasteiger partial charge in [-0.15, -0.1) is 0 Å². The first-order chi connectivity index (χ1) is 12.0. The molecule has 4 nitrogen and oxygen atoms in total. The maximum Gasteiger partial charge on any atom is 0.224 e. The molecule has 0 saturated heterocycles. The molecule has 0 aliphatic rings. The predicted octanol–water partition coefficient (Wildman–Crippen LogP) is 4.21. The number of rotatable bonds is 8. The Labute approximate surface area is 149 Å². The summed E-state index contributed by atoms with van der Waals surface area (Å²) in [5.41, 5.74) is 0.982. The smallest absolute Gasteiger partial charge is 0.224 e. The number of halogens is 3. The number of aryl methyl sites for hydroxylation is 1. The fourth-order valence-electron chi connectivity index (χ4n) is 2.15. The largest absolute Gasteiger partial charge is 0.487 e. The Bertz CT molecular complexity index is 740. The molecule has 0 bridgehead atoms. The number of amides is 1. The molecule has 0 unspecified atom stereocenters. The summed E-state index contributed by atoms with van der Waals surface area (Å²) in [7, 11) is 1.55. The van der Waals surface area contributed by atoms with Crippen LogP contribution < -0.4 is 10.1 Å². The fraction of sp³-hybridized carbons (Fsp3) is 0.278. The maximum atomic E-state index is 13.2. The Kier molecular flexibility index (Phi) is 7.16. The van der Waals surface area contributed by atoms with E-state index >= 15 is 0 Å². The van der Waals surface area contributed by atoms with E-state index in [1.54, 1.807) is 25.3 Å². The third-order valence-electron chi connectivity index (χ3n) is 3.40. The Morgan fingerprint density at radius 1 is 1.16 bits per heavy atom. The summed E-state index contributed by atoms with van der Waals surface area (Å²) < 4.78 is 36.5. The van der Waals surface area contributed by atoms with Gasteiger partial charge in [0.1, 0.15) is 6.61 Å². The van der Waals surface area contributed by atoms with Gasteiger partial charge < -0.3 is 14.8 Å². The summed E-state index contributed by atoms with van der Waals surface area (Å²) >= 11 is 6.10. The average molecular weight is 370 g/mol. The van der Waals surface area contributed by atoms with Gasteiger partial charge in [0.2, 0.25) is 5.91 Å². The zero-order valence-corrected chi connectivity index (χ0v) is 14.4. The van der Waals surface area contributed by atoms with Gasteiger partial charge in [-0.2, -0.15) is 0 Å². The first kappa shape index (κ1) is 19.1. The van der Waals surface area contributed by atoms with Gasteiger partial charge in [-0.1, -0.05) is 23.7 Å². The number of anilines is 1. The summed E-state index contributed by atoms with van der Waals surface area (Å²) in [6.07, 6.45) is 0.387. The number of para-hydroxylation sites is 1. The molecule has 0 aliphatic carbocycles. The molecule has 2 aromatic carbocycles. The van der Waals surface area contributed by atoms with Crippen molar-refractivity contribution in [3.05, 3.63) is 58.6 Å². The normalized spacial score (nSPS) is 10.6. The lowest BCUT2D eigenvalue weighted by Gasteiger charge is -2.14. The van der Waals surface area contributed by atoms with Crippen LogP contribution in [0.3, 0.4) is 0 Å². The van der Waals surface area contributed by atoms with E-state index < -0.39 is 11.6 Å². The predicted molar refractivity (Wildman–Crippen MR) is 92.1 cm³/mol. The summed E-state index contributed by atoms with van der Waals surface area (Å²) in [6.45, 7) is 0.673. The molecule has 0 radical (unpaired) electrons. The van der Waals surface area contributed by atoms with Crippen molar-refractivity contribution >= 4 is 23.2 Å². The van der Waals surface area contributed by atoms with E-state index in [4.69, 9.17) is 21.1 Å². The van der Waals surface area contributed by atoms with E-state index in [0.29, 0.717) is 28.6 Å². The molecule has 0 atom stereocenters. The van der Waals surface area contributed by atoms with E-state index in [1.807, 2.05) is 0 Å². The molecule has 0 heterocycles. The molecule has 134 valence electrons. The van der Waals surface area contributed by atoms with Crippen LogP contribution in [0.4, 0.5) is 14.5 Å². The number of hydrogen-bond donors (Lipinski definition) is 1. The highest BCUT2D eigenvalue weighted by atomic mass is 35.5. The molecule has 25 heavy (non-hydrogen) atoms. The minimum atomic E-state index is -0.929. The van der Waals surface area contributed by atoms with Crippen molar-refractivity contribution in [1.29, 1.82) is 0 Å². The minimum Gasteiger partial charge on any atom is -0.487 e. The number of benzene rings is 2. The topological polar surface area (TPSA) is 47.6 Å². The van der Waals surface area contributed by atoms with Crippen LogP contribution in [0, 0.1) is 11.6 Å². The second-order valence-electron chi connectivity index (χ2n) is 5.25. The SMILES string of the molecule is COCCOc1c(Cl)cccc1NC(=O)CCc1ccc(F)c(F)c1. The highest BCUT2D eigenvalue weighted by Gasteiger charge is 2.12. The summed E-state index contributed by atoms with van der Waals surface area (Å²) in [4.78, 5) is 12.1. The van der Waals surface area contributed by atoms with Crippen LogP contribution in [0.15, 0.2) is 36.4 Å². The molecule has 1 amide bonds. The first-order valence-electron chi connectivity index (χ1n) is 7.65. The van der Waals surface area contributed by atoms with Gasteiger partial charge in [-0.25, -0.2) is 8.78 Å². The lowest BCUT2D eigenvalue weighted by atomic mass is 10.1. The van der Waals surface area contributed by atoms with E-state index in [0.717, 1.165) is 12.1 Å². The van der Waals surface area contributed by atoms with Crippen LogP contribution in [0.5, 0.6) is 5.75 Å². The highest BCUT2D eigenvalue weighted by molar-refractivity contribution is 6.32. The summed E-state index contributed by atoms with van der Waals surface area (Å²) in [6, 6.07) is 8.59. The molecule has 0 saturated carbocycles. The number of hydrogen-bond acceptors (Lipinski definition) is 3. The van der Waals surface area contributed by atoms with E-state index in [-0.39, 0.29) is 25.4 Å². The summed E-state index contributed by atoms with van der Waals surface area (Å²) in [5.74, 6) is -1.77. The van der Waals surface area contributed by atoms with E-state index in [2.05, 4.69) is 5.32 Å². The van der Waals surface area contributed by atoms with Gasteiger partial charge in [0, 0.05) is 13.5 Å². The molecule has 7 heteroatoms. The van der Waals surface area contributed by atoms with Crippen molar-refractivity contribution < 1.29 is 23.0 Å². The highest BCUT2D eigenvalue weighted by Crippen LogP contribution is 2.33. The van der Waals surface area contributed by atoms with Crippen molar-refractivity contribution in [2.75, 3.05) is 25.6 Å². The molecule has 0 aliphatic heterocycles. The molecule has 0 fully saturated rings. The molecular formula is C18H18ClF2NO3. The molecule has 1 N–H and O–H groups in total. The lowest BCUT2D eigenvalue weighted by Crippen LogP contribution is -2.14. The van der Waals surface area contributed by atoms with Gasteiger partial charge in [0.05, 0.1) is 17.3 Å². The molecule has 0 spiro atoms. The van der Waals surface area contributed by atoms with Crippen LogP contribution in [0.25, 0.3) is 0 Å². The Morgan fingerprint density at radius 3 is 2.68 bits per heavy atom. The van der Waals surface area contributed by atoms with E-state index in [9.17, 15) is 13.6 Å². The first-order valence-corrected chi connectivity index (χ1v) is 8.03. The van der Waals surface area contributed by atoms with Crippen LogP contribution >= 0.6 is 11.6 Å². The van der Waals surface area contributed by atoms with Crippen LogP contribution in [0.2, 0.25) is 5.02 Å². The molecule has 2 rings (SSSR count). The van der Waals surface area contributed by atoms with Crippen LogP contribution in [-0.2, 0) is 16.0 Å². The fourth-order valence-corrected chi connectivity index (χ4v) is 2.38. The van der Waals surface area contributed by atoms with Crippen molar-refractivity contribution in [1.82, 2.24) is 0 Å². The molecule has 2 aromatic rings. The minimum absolute atomic E-state index is 0.106. The number of nitrogens with one attached hydrogen (secondary N) is 1. The zero-order chi connectivity index (χ0) is 18.2. The van der Waals surface area contributed by atoms with Crippen molar-refractivity contribution in [3.8, 4) is 5.75 Å². The van der Waals surface area contributed by atoms with Gasteiger partial charge >= 0.3 is 0 Å². The molecular weight excluding hydrogens is 352 g/mol. The van der Waals surface area contributed by atoms with Gasteiger partial charge in [0.15, 0.2) is 17.4 Å². The third kappa shape index (κ3) is 5.69. The average Bonchev–Trinajstić information content (AvgIpc) is 2.58. The third-order valence-corrected chi connectivity index (χ3v) is 3.70. The molecule has 0 aromatic heterocycles. The number of methoxy groups -OCH3 is 1. The Balaban J connectivity index is 1.97. The van der Waals surface area contributed by atoms with E-state index in [1.165, 1.54) is 6.07 Å². The lowest BCUT2D eigenvalue weighted by molar-refractivity contribution is -0.116. The van der Waals surface area contributed by atoms with Crippen molar-refractivity contribution in [2.24, 2.45) is 0 Å². The number of ether oxygens (including phenoxy) is 2. The maximum absolute atomic E-state index is 13.2. The monoisotopic (exact) mass is 369 g/mol. The standard InChI is InChI=1S/C18H18ClF2NO3/c1-24-9-10-25-18-13(19)3-2-4-16(18)22-17(23)8-6-12-5-7-14(20)15(21)11-12/h2-5,7,11H,6,8-10H2,1H3,(H,22,23). The zero-order valence-electron chi connectivity index (χ0n) is 13.7. The second-order valence-corrected chi connectivity index (χ2v) is 5.66. The van der Waals surface area contributed by atoms with Crippen molar-refractivity contribution in [2.45, 2.75) is 12.8 Å². The van der Waals surface area contributed by atoms with Gasteiger partial charge in [-0.05, 0) is 36.2 Å². The van der Waals surface area contributed by atoms with Gasteiger partial charge in [0.25, 0.3) is 0 Å². The number of carbonyl (C=O) groups is 1. The Hall–Kier alpha value is -2.18. The second kappa shape index (κ2) is 9.34. The summed E-state index contributed by atoms with van der Waals surface area (Å²) in [5, 5.41) is 3.09. The Morgan fingerprint density at radius 2 is 1.96 bits per heavy atom. The van der Waals surface area contributed by atoms with Crippen molar-refractivity contribution in [3.63, 3.8) is 0 Å². The quantitative estimate of drug-likeness (QED) is 0.709. The van der Waals surface area contributed by atoms with Crippen LogP contribution in [0.1, 0.15) is 12.0 Å². The van der Waals surface area contributed by atoms with Gasteiger partial charge in [-0.3, -0.25) is 4.79 Å². The van der Waals surface area contributed by atoms with Crippen LogP contribution in [-0.4, -0.2) is 26.2 Å². The number of carbonyl (C=O) groups excluding carboxylic acids is 1.